The topological polar surface area (TPSA) is 66.4 Å². The Morgan fingerprint density at radius 1 is 1.28 bits per heavy atom. The molecule has 0 saturated carbocycles. The van der Waals surface area contributed by atoms with Gasteiger partial charge in [0.25, 0.3) is 5.91 Å². The molecule has 0 heterocycles. The number of amides is 1. The smallest absolute Gasteiger partial charge is 0.326 e. The molecule has 6 heteroatoms. The lowest BCUT2D eigenvalue weighted by Crippen LogP contribution is -2.40. The van der Waals surface area contributed by atoms with Crippen LogP contribution >= 0.6 is 31.9 Å². The molecule has 1 rings (SSSR count). The minimum Gasteiger partial charge on any atom is -0.480 e. The number of hydrogen-bond acceptors (Lipinski definition) is 2. The van der Waals surface area contributed by atoms with E-state index < -0.39 is 17.9 Å². The van der Waals surface area contributed by atoms with Crippen LogP contribution in [0.1, 0.15) is 30.1 Å². The van der Waals surface area contributed by atoms with Gasteiger partial charge in [0.05, 0.1) is 0 Å². The van der Waals surface area contributed by atoms with Crippen LogP contribution < -0.4 is 5.32 Å². The fraction of sp³-hybridized carbons (Fsp3) is 0.333. The molecule has 0 bridgehead atoms. The van der Waals surface area contributed by atoms with Crippen molar-refractivity contribution in [2.24, 2.45) is 0 Å². The molecular weight excluding hydrogens is 366 g/mol. The molecule has 2 N–H and O–H groups in total. The summed E-state index contributed by atoms with van der Waals surface area (Å²) < 4.78 is 1.51. The molecule has 0 aliphatic carbocycles. The van der Waals surface area contributed by atoms with Crippen LogP contribution in [0.25, 0.3) is 0 Å². The molecule has 0 aliphatic heterocycles. The number of carboxylic acid groups (broad SMARTS) is 1. The van der Waals surface area contributed by atoms with Gasteiger partial charge in [0.1, 0.15) is 6.04 Å². The van der Waals surface area contributed by atoms with Gasteiger partial charge in [-0.05, 0) is 24.6 Å². The number of hydrogen-bond donors (Lipinski definition) is 2. The fourth-order valence-corrected chi connectivity index (χ4v) is 2.77. The number of carbonyl (C=O) groups is 2. The summed E-state index contributed by atoms with van der Waals surface area (Å²) >= 11 is 6.56. The fourth-order valence-electron chi connectivity index (χ4n) is 1.47. The zero-order valence-electron chi connectivity index (χ0n) is 9.74. The van der Waals surface area contributed by atoms with Gasteiger partial charge in [-0.25, -0.2) is 4.79 Å². The maximum Gasteiger partial charge on any atom is 0.326 e. The lowest BCUT2D eigenvalue weighted by atomic mass is 10.1. The van der Waals surface area contributed by atoms with E-state index in [0.717, 1.165) is 8.95 Å². The SMILES string of the molecule is CCC[C@@H](NC(=O)c1cc(Br)cc(Br)c1)C(=O)O. The highest BCUT2D eigenvalue weighted by molar-refractivity contribution is 9.11. The second-order valence-corrected chi connectivity index (χ2v) is 5.64. The van der Waals surface area contributed by atoms with Gasteiger partial charge in [-0.15, -0.1) is 0 Å². The first-order valence-electron chi connectivity index (χ1n) is 5.43. The summed E-state index contributed by atoms with van der Waals surface area (Å²) in [5.74, 6) is -1.41. The number of carbonyl (C=O) groups excluding carboxylic acids is 1. The molecule has 0 saturated heterocycles. The first kappa shape index (κ1) is 15.2. The van der Waals surface area contributed by atoms with Crippen molar-refractivity contribution in [3.8, 4) is 0 Å². The van der Waals surface area contributed by atoms with E-state index in [0.29, 0.717) is 18.4 Å². The monoisotopic (exact) mass is 377 g/mol. The first-order valence-corrected chi connectivity index (χ1v) is 7.02. The van der Waals surface area contributed by atoms with Gasteiger partial charge in [-0.2, -0.15) is 0 Å². The summed E-state index contributed by atoms with van der Waals surface area (Å²) in [4.78, 5) is 22.9. The van der Waals surface area contributed by atoms with Crippen LogP contribution in [0.15, 0.2) is 27.1 Å². The molecule has 0 fully saturated rings. The Morgan fingerprint density at radius 2 is 1.83 bits per heavy atom. The van der Waals surface area contributed by atoms with Gasteiger partial charge in [0, 0.05) is 14.5 Å². The van der Waals surface area contributed by atoms with Crippen molar-refractivity contribution >= 4 is 43.7 Å². The van der Waals surface area contributed by atoms with Gasteiger partial charge >= 0.3 is 5.97 Å². The lowest BCUT2D eigenvalue weighted by Gasteiger charge is -2.13. The lowest BCUT2D eigenvalue weighted by molar-refractivity contribution is -0.139. The number of nitrogens with one attached hydrogen (secondary N) is 1. The van der Waals surface area contributed by atoms with Crippen LogP contribution in [0, 0.1) is 0 Å². The van der Waals surface area contributed by atoms with Crippen LogP contribution in [0.4, 0.5) is 0 Å². The molecule has 1 atom stereocenters. The van der Waals surface area contributed by atoms with Crippen molar-refractivity contribution in [3.05, 3.63) is 32.7 Å². The highest BCUT2D eigenvalue weighted by Crippen LogP contribution is 2.20. The molecule has 0 spiro atoms. The number of halogens is 2. The van der Waals surface area contributed by atoms with E-state index in [1.165, 1.54) is 0 Å². The Balaban J connectivity index is 2.83. The third-order valence-electron chi connectivity index (χ3n) is 2.31. The molecule has 0 radical (unpaired) electrons. The maximum atomic E-state index is 11.9. The number of benzene rings is 1. The van der Waals surface area contributed by atoms with Gasteiger partial charge < -0.3 is 10.4 Å². The Kier molecular flexibility index (Phi) is 5.81. The van der Waals surface area contributed by atoms with E-state index in [1.807, 2.05) is 6.92 Å². The van der Waals surface area contributed by atoms with E-state index in [4.69, 9.17) is 5.11 Å². The average molecular weight is 379 g/mol. The summed E-state index contributed by atoms with van der Waals surface area (Å²) in [5.41, 5.74) is 0.415. The van der Waals surface area contributed by atoms with E-state index in [-0.39, 0.29) is 0 Å². The highest BCUT2D eigenvalue weighted by Gasteiger charge is 2.19. The highest BCUT2D eigenvalue weighted by atomic mass is 79.9. The largest absolute Gasteiger partial charge is 0.480 e. The molecule has 98 valence electrons. The molecule has 1 aromatic rings. The van der Waals surface area contributed by atoms with Crippen LogP contribution in [-0.2, 0) is 4.79 Å². The van der Waals surface area contributed by atoms with Crippen LogP contribution in [0.2, 0.25) is 0 Å². The second-order valence-electron chi connectivity index (χ2n) is 3.81. The van der Waals surface area contributed by atoms with Crippen molar-refractivity contribution in [2.45, 2.75) is 25.8 Å². The first-order chi connectivity index (χ1) is 8.43. The maximum absolute atomic E-state index is 11.9. The normalized spacial score (nSPS) is 11.9. The van der Waals surface area contributed by atoms with E-state index >= 15 is 0 Å². The van der Waals surface area contributed by atoms with E-state index in [2.05, 4.69) is 37.2 Å². The van der Waals surface area contributed by atoms with E-state index in [9.17, 15) is 9.59 Å². The van der Waals surface area contributed by atoms with E-state index in [1.54, 1.807) is 18.2 Å². The molecule has 0 aliphatic rings. The number of carboxylic acids is 1. The quantitative estimate of drug-likeness (QED) is 0.826. The predicted octanol–water partition coefficient (Wildman–Crippen LogP) is 3.19. The van der Waals surface area contributed by atoms with Crippen molar-refractivity contribution < 1.29 is 14.7 Å². The van der Waals surface area contributed by atoms with Gasteiger partial charge in [0.2, 0.25) is 0 Å². The predicted molar refractivity (Wildman–Crippen MR) is 75.6 cm³/mol. The van der Waals surface area contributed by atoms with Gasteiger partial charge in [-0.1, -0.05) is 45.2 Å². The molecule has 0 aromatic heterocycles. The Labute approximate surface area is 122 Å². The Hall–Kier alpha value is -0.880. The van der Waals surface area contributed by atoms with Crippen LogP contribution in [0.5, 0.6) is 0 Å². The Morgan fingerprint density at radius 3 is 2.28 bits per heavy atom. The van der Waals surface area contributed by atoms with Crippen molar-refractivity contribution in [2.75, 3.05) is 0 Å². The average Bonchev–Trinajstić information content (AvgIpc) is 2.26. The molecule has 0 unspecified atom stereocenters. The van der Waals surface area contributed by atoms with Crippen LogP contribution in [-0.4, -0.2) is 23.0 Å². The minimum absolute atomic E-state index is 0.391. The second kappa shape index (κ2) is 6.89. The van der Waals surface area contributed by atoms with Gasteiger partial charge in [0.15, 0.2) is 0 Å². The molecular formula is C12H13Br2NO3. The summed E-state index contributed by atoms with van der Waals surface area (Å²) in [5, 5.41) is 11.5. The molecule has 1 amide bonds. The third-order valence-corrected chi connectivity index (χ3v) is 3.22. The zero-order chi connectivity index (χ0) is 13.7. The van der Waals surface area contributed by atoms with Crippen molar-refractivity contribution in [1.82, 2.24) is 5.32 Å². The molecule has 1 aromatic carbocycles. The van der Waals surface area contributed by atoms with Crippen molar-refractivity contribution in [1.29, 1.82) is 0 Å². The third kappa shape index (κ3) is 4.42. The Bertz CT molecular complexity index is 442. The molecule has 4 nitrogen and oxygen atoms in total. The zero-order valence-corrected chi connectivity index (χ0v) is 12.9. The summed E-state index contributed by atoms with van der Waals surface area (Å²) in [7, 11) is 0. The van der Waals surface area contributed by atoms with Crippen LogP contribution in [0.3, 0.4) is 0 Å². The van der Waals surface area contributed by atoms with Crippen molar-refractivity contribution in [3.63, 3.8) is 0 Å². The number of aliphatic carboxylic acids is 1. The van der Waals surface area contributed by atoms with Gasteiger partial charge in [-0.3, -0.25) is 4.79 Å². The summed E-state index contributed by atoms with van der Waals surface area (Å²) in [6, 6.07) is 4.24. The summed E-state index contributed by atoms with van der Waals surface area (Å²) in [6.45, 7) is 1.87. The standard InChI is InChI=1S/C12H13Br2NO3/c1-2-3-10(12(17)18)15-11(16)7-4-8(13)6-9(14)5-7/h4-6,10H,2-3H2,1H3,(H,15,16)(H,17,18)/t10-/m1/s1. The summed E-state index contributed by atoms with van der Waals surface area (Å²) in [6.07, 6.45) is 1.11. The number of rotatable bonds is 5. The molecule has 18 heavy (non-hydrogen) atoms. The minimum atomic E-state index is -1.01.